The van der Waals surface area contributed by atoms with Gasteiger partial charge in [0.1, 0.15) is 12.1 Å². The topological polar surface area (TPSA) is 72.3 Å². The maximum absolute atomic E-state index is 12.2. The van der Waals surface area contributed by atoms with Gasteiger partial charge in [0.25, 0.3) is 0 Å². The van der Waals surface area contributed by atoms with Gasteiger partial charge in [0.2, 0.25) is 5.91 Å². The van der Waals surface area contributed by atoms with E-state index in [2.05, 4.69) is 27.3 Å². The molecule has 0 saturated carbocycles. The fraction of sp³-hybridized carbons (Fsp3) is 0.526. The highest BCUT2D eigenvalue weighted by molar-refractivity contribution is 7.99. The van der Waals surface area contributed by atoms with Crippen LogP contribution in [0, 0.1) is 0 Å². The zero-order valence-electron chi connectivity index (χ0n) is 15.9. The van der Waals surface area contributed by atoms with Crippen molar-refractivity contribution in [3.8, 4) is 11.4 Å². The predicted octanol–water partition coefficient (Wildman–Crippen LogP) is 2.36. The normalized spacial score (nSPS) is 17.6. The lowest BCUT2D eigenvalue weighted by atomic mass is 10.0. The van der Waals surface area contributed by atoms with Gasteiger partial charge >= 0.3 is 0 Å². The molecule has 0 spiro atoms. The van der Waals surface area contributed by atoms with E-state index in [-0.39, 0.29) is 5.91 Å². The number of benzene rings is 1. The molecule has 0 aliphatic carbocycles. The van der Waals surface area contributed by atoms with Gasteiger partial charge in [-0.1, -0.05) is 18.2 Å². The van der Waals surface area contributed by atoms with Crippen LogP contribution in [0.3, 0.4) is 0 Å². The molecule has 1 saturated heterocycles. The molecule has 7 nitrogen and oxygen atoms in total. The van der Waals surface area contributed by atoms with Gasteiger partial charge < -0.3 is 10.1 Å². The van der Waals surface area contributed by atoms with E-state index in [4.69, 9.17) is 4.74 Å². The predicted molar refractivity (Wildman–Crippen MR) is 107 cm³/mol. The number of hydrogen-bond acceptors (Lipinski definition) is 6. The van der Waals surface area contributed by atoms with E-state index in [0.717, 1.165) is 24.5 Å². The van der Waals surface area contributed by atoms with E-state index in [1.165, 1.54) is 31.0 Å². The van der Waals surface area contributed by atoms with Crippen LogP contribution >= 0.6 is 11.8 Å². The molecule has 0 radical (unpaired) electrons. The highest BCUT2D eigenvalue weighted by Crippen LogP contribution is 2.21. The van der Waals surface area contributed by atoms with Crippen LogP contribution in [0.25, 0.3) is 5.69 Å². The minimum Gasteiger partial charge on any atom is -0.497 e. The molecule has 27 heavy (non-hydrogen) atoms. The standard InChI is InChI=1S/C19H27N5O2S/c1-15-5-3-4-11-23(15)12-10-20-18(25)13-27-19-22-21-14-24(19)16-6-8-17(26-2)9-7-16/h6-9,14-15H,3-5,10-13H2,1-2H3,(H,20,25)/t15-/m0/s1. The Bertz CT molecular complexity index is 734. The van der Waals surface area contributed by atoms with Crippen molar-refractivity contribution < 1.29 is 9.53 Å². The summed E-state index contributed by atoms with van der Waals surface area (Å²) >= 11 is 1.39. The van der Waals surface area contributed by atoms with Gasteiger partial charge in [0, 0.05) is 24.8 Å². The Hall–Kier alpha value is -2.06. The Labute approximate surface area is 164 Å². The maximum atomic E-state index is 12.2. The van der Waals surface area contributed by atoms with Gasteiger partial charge in [0.15, 0.2) is 5.16 Å². The fourth-order valence-corrected chi connectivity index (χ4v) is 4.01. The van der Waals surface area contributed by atoms with Crippen LogP contribution in [-0.2, 0) is 4.79 Å². The summed E-state index contributed by atoms with van der Waals surface area (Å²) in [6.45, 7) is 5.01. The minimum absolute atomic E-state index is 0.0222. The Morgan fingerprint density at radius 1 is 1.33 bits per heavy atom. The zero-order chi connectivity index (χ0) is 19.1. The van der Waals surface area contributed by atoms with Gasteiger partial charge in [-0.15, -0.1) is 10.2 Å². The van der Waals surface area contributed by atoms with E-state index >= 15 is 0 Å². The summed E-state index contributed by atoms with van der Waals surface area (Å²) in [4.78, 5) is 14.6. The van der Waals surface area contributed by atoms with Crippen molar-refractivity contribution >= 4 is 17.7 Å². The number of carbonyl (C=O) groups is 1. The number of likely N-dealkylation sites (tertiary alicyclic amines) is 1. The molecule has 1 aromatic carbocycles. The summed E-state index contributed by atoms with van der Waals surface area (Å²) in [5.74, 6) is 1.14. The second-order valence-corrected chi connectivity index (χ2v) is 7.64. The number of carbonyl (C=O) groups excluding carboxylic acids is 1. The van der Waals surface area contributed by atoms with Gasteiger partial charge in [-0.25, -0.2) is 0 Å². The lowest BCUT2D eigenvalue weighted by Gasteiger charge is -2.33. The highest BCUT2D eigenvalue weighted by Gasteiger charge is 2.17. The maximum Gasteiger partial charge on any atom is 0.230 e. The van der Waals surface area contributed by atoms with E-state index < -0.39 is 0 Å². The van der Waals surface area contributed by atoms with Crippen LogP contribution in [0.5, 0.6) is 5.75 Å². The van der Waals surface area contributed by atoms with E-state index in [0.29, 0.717) is 23.5 Å². The van der Waals surface area contributed by atoms with Crippen LogP contribution < -0.4 is 10.1 Å². The highest BCUT2D eigenvalue weighted by atomic mass is 32.2. The molecule has 0 bridgehead atoms. The summed E-state index contributed by atoms with van der Waals surface area (Å²) in [6, 6.07) is 8.27. The number of rotatable bonds is 8. The lowest BCUT2D eigenvalue weighted by Crippen LogP contribution is -2.42. The first-order valence-corrected chi connectivity index (χ1v) is 10.3. The largest absolute Gasteiger partial charge is 0.497 e. The molecule has 8 heteroatoms. The third kappa shape index (κ3) is 5.46. The van der Waals surface area contributed by atoms with Crippen LogP contribution in [0.4, 0.5) is 0 Å². The second kappa shape index (κ2) is 9.75. The number of ether oxygens (including phenoxy) is 1. The average molecular weight is 390 g/mol. The average Bonchev–Trinajstić information content (AvgIpc) is 3.16. The van der Waals surface area contributed by atoms with E-state index in [1.54, 1.807) is 13.4 Å². The van der Waals surface area contributed by atoms with Crippen LogP contribution in [-0.4, -0.2) is 64.1 Å². The molecule has 1 atom stereocenters. The number of thioether (sulfide) groups is 1. The molecule has 1 amide bonds. The van der Waals surface area contributed by atoms with Gasteiger partial charge in [0.05, 0.1) is 12.9 Å². The molecular formula is C19H27N5O2S. The summed E-state index contributed by atoms with van der Waals surface area (Å²) in [5.41, 5.74) is 0.933. The van der Waals surface area contributed by atoms with Crippen molar-refractivity contribution in [3.63, 3.8) is 0 Å². The first-order chi connectivity index (χ1) is 13.2. The summed E-state index contributed by atoms with van der Waals surface area (Å²) in [6.07, 6.45) is 5.48. The van der Waals surface area contributed by atoms with Gasteiger partial charge in [-0.2, -0.15) is 0 Å². The first kappa shape index (κ1) is 19.7. The molecule has 146 valence electrons. The number of aromatic nitrogens is 3. The van der Waals surface area contributed by atoms with Crippen molar-refractivity contribution in [3.05, 3.63) is 30.6 Å². The van der Waals surface area contributed by atoms with Crippen molar-refractivity contribution in [1.29, 1.82) is 0 Å². The number of amides is 1. The van der Waals surface area contributed by atoms with Crippen LogP contribution in [0.1, 0.15) is 26.2 Å². The van der Waals surface area contributed by atoms with E-state index in [9.17, 15) is 4.79 Å². The van der Waals surface area contributed by atoms with Crippen LogP contribution in [0.2, 0.25) is 0 Å². The molecule has 2 aromatic rings. The molecule has 1 aliphatic heterocycles. The Morgan fingerprint density at radius 2 is 2.15 bits per heavy atom. The third-order valence-electron chi connectivity index (χ3n) is 4.86. The SMILES string of the molecule is COc1ccc(-n2cnnc2SCC(=O)NCCN2CCCC[C@@H]2C)cc1. The van der Waals surface area contributed by atoms with Crippen molar-refractivity contribution in [2.75, 3.05) is 32.5 Å². The van der Waals surface area contributed by atoms with Crippen molar-refractivity contribution in [2.45, 2.75) is 37.4 Å². The second-order valence-electron chi connectivity index (χ2n) is 6.70. The van der Waals surface area contributed by atoms with E-state index in [1.807, 2.05) is 28.8 Å². The molecule has 2 heterocycles. The Balaban J connectivity index is 1.46. The molecule has 1 fully saturated rings. The first-order valence-electron chi connectivity index (χ1n) is 9.35. The summed E-state index contributed by atoms with van der Waals surface area (Å²) in [5, 5.41) is 11.8. The molecular weight excluding hydrogens is 362 g/mol. The number of methoxy groups -OCH3 is 1. The monoisotopic (exact) mass is 389 g/mol. The zero-order valence-corrected chi connectivity index (χ0v) is 16.7. The fourth-order valence-electron chi connectivity index (χ4n) is 3.25. The number of hydrogen-bond donors (Lipinski definition) is 1. The lowest BCUT2D eigenvalue weighted by molar-refractivity contribution is -0.118. The Morgan fingerprint density at radius 3 is 2.89 bits per heavy atom. The summed E-state index contributed by atoms with van der Waals surface area (Å²) < 4.78 is 7.05. The van der Waals surface area contributed by atoms with Gasteiger partial charge in [-0.05, 0) is 50.6 Å². The molecule has 1 aromatic heterocycles. The third-order valence-corrected chi connectivity index (χ3v) is 5.80. The van der Waals surface area contributed by atoms with Gasteiger partial charge in [-0.3, -0.25) is 14.3 Å². The quantitative estimate of drug-likeness (QED) is 0.699. The summed E-state index contributed by atoms with van der Waals surface area (Å²) in [7, 11) is 1.64. The van der Waals surface area contributed by atoms with Crippen LogP contribution in [0.15, 0.2) is 35.7 Å². The van der Waals surface area contributed by atoms with Crippen molar-refractivity contribution in [2.24, 2.45) is 0 Å². The number of piperidine rings is 1. The number of nitrogens with zero attached hydrogens (tertiary/aromatic N) is 4. The minimum atomic E-state index is 0.0222. The van der Waals surface area contributed by atoms with Crippen molar-refractivity contribution in [1.82, 2.24) is 25.0 Å². The molecule has 1 aliphatic rings. The molecule has 0 unspecified atom stereocenters. The smallest absolute Gasteiger partial charge is 0.230 e. The Kier molecular flexibility index (Phi) is 7.11. The molecule has 1 N–H and O–H groups in total. The molecule has 3 rings (SSSR count). The number of nitrogens with one attached hydrogen (secondary N) is 1.